The van der Waals surface area contributed by atoms with Crippen LogP contribution < -0.4 is 5.32 Å². The van der Waals surface area contributed by atoms with Gasteiger partial charge in [-0.3, -0.25) is 9.69 Å². The molecule has 3 rings (SSSR count). The van der Waals surface area contributed by atoms with E-state index in [-0.39, 0.29) is 17.6 Å². The van der Waals surface area contributed by atoms with Crippen LogP contribution in [0.25, 0.3) is 0 Å². The number of halogens is 4. The Labute approximate surface area is 161 Å². The molecule has 2 aromatic rings. The van der Waals surface area contributed by atoms with Gasteiger partial charge in [0.05, 0.1) is 5.56 Å². The summed E-state index contributed by atoms with van der Waals surface area (Å²) in [7, 11) is 0. The van der Waals surface area contributed by atoms with Crippen molar-refractivity contribution in [1.29, 1.82) is 0 Å². The van der Waals surface area contributed by atoms with Crippen LogP contribution in [0.2, 0.25) is 0 Å². The summed E-state index contributed by atoms with van der Waals surface area (Å²) in [5.74, 6) is -0.468. The summed E-state index contributed by atoms with van der Waals surface area (Å²) in [4.78, 5) is 14.4. The lowest BCUT2D eigenvalue weighted by molar-refractivity contribution is -0.137. The second-order valence-corrected chi connectivity index (χ2v) is 7.09. The molecule has 1 aliphatic rings. The lowest BCUT2D eigenvalue weighted by Crippen LogP contribution is -2.40. The fourth-order valence-corrected chi connectivity index (χ4v) is 3.39. The molecule has 7 heteroatoms. The van der Waals surface area contributed by atoms with Crippen molar-refractivity contribution in [2.24, 2.45) is 5.92 Å². The maximum atomic E-state index is 12.9. The monoisotopic (exact) mass is 394 g/mol. The number of nitrogens with zero attached hydrogens (tertiary/aromatic N) is 1. The molecule has 0 aliphatic carbocycles. The van der Waals surface area contributed by atoms with E-state index in [2.05, 4.69) is 10.2 Å². The van der Waals surface area contributed by atoms with E-state index >= 15 is 0 Å². The molecule has 2 aromatic carbocycles. The standard InChI is InChI=1S/C21H22F4N2O/c22-19-6-4-15(5-7-19)13-26-20(28)17-8-10-27(11-9-17)14-16-2-1-3-18(12-16)21(23,24)25/h1-7,12,17H,8-11,13-14H2,(H,26,28). The molecule has 150 valence electrons. The molecule has 3 nitrogen and oxygen atoms in total. The summed E-state index contributed by atoms with van der Waals surface area (Å²) in [6.07, 6.45) is -3.02. The number of carbonyl (C=O) groups excluding carboxylic acids is 1. The van der Waals surface area contributed by atoms with Crippen molar-refractivity contribution in [3.05, 3.63) is 71.0 Å². The van der Waals surface area contributed by atoms with Crippen molar-refractivity contribution in [2.45, 2.75) is 32.1 Å². The van der Waals surface area contributed by atoms with Crippen LogP contribution >= 0.6 is 0 Å². The molecule has 0 radical (unpaired) electrons. The van der Waals surface area contributed by atoms with Gasteiger partial charge in [-0.25, -0.2) is 4.39 Å². The number of likely N-dealkylation sites (tertiary alicyclic amines) is 1. The van der Waals surface area contributed by atoms with Crippen molar-refractivity contribution >= 4 is 5.91 Å². The van der Waals surface area contributed by atoms with E-state index in [4.69, 9.17) is 0 Å². The number of hydrogen-bond donors (Lipinski definition) is 1. The Morgan fingerprint density at radius 3 is 2.36 bits per heavy atom. The lowest BCUT2D eigenvalue weighted by Gasteiger charge is -2.31. The van der Waals surface area contributed by atoms with E-state index in [1.165, 1.54) is 24.3 Å². The van der Waals surface area contributed by atoms with Crippen LogP contribution in [0.15, 0.2) is 48.5 Å². The average molecular weight is 394 g/mol. The van der Waals surface area contributed by atoms with Gasteiger partial charge in [0.25, 0.3) is 0 Å². The van der Waals surface area contributed by atoms with Gasteiger partial charge in [0.15, 0.2) is 0 Å². The maximum absolute atomic E-state index is 12.9. The lowest BCUT2D eigenvalue weighted by atomic mass is 9.95. The van der Waals surface area contributed by atoms with E-state index in [1.807, 2.05) is 0 Å². The SMILES string of the molecule is O=C(NCc1ccc(F)cc1)C1CCN(Cc2cccc(C(F)(F)F)c2)CC1. The van der Waals surface area contributed by atoms with Gasteiger partial charge in [0.1, 0.15) is 5.82 Å². The Kier molecular flexibility index (Phi) is 6.34. The van der Waals surface area contributed by atoms with Gasteiger partial charge < -0.3 is 5.32 Å². The zero-order valence-corrected chi connectivity index (χ0v) is 15.3. The number of benzene rings is 2. The molecule has 0 bridgehead atoms. The number of nitrogens with one attached hydrogen (secondary N) is 1. The Hall–Kier alpha value is -2.41. The van der Waals surface area contributed by atoms with Gasteiger partial charge in [-0.15, -0.1) is 0 Å². The first-order valence-electron chi connectivity index (χ1n) is 9.22. The van der Waals surface area contributed by atoms with Crippen LogP contribution in [-0.4, -0.2) is 23.9 Å². The molecule has 1 aliphatic heterocycles. The number of carbonyl (C=O) groups is 1. The largest absolute Gasteiger partial charge is 0.416 e. The zero-order chi connectivity index (χ0) is 20.1. The molecule has 1 amide bonds. The highest BCUT2D eigenvalue weighted by Gasteiger charge is 2.30. The molecule has 0 saturated carbocycles. The summed E-state index contributed by atoms with van der Waals surface area (Å²) in [6, 6.07) is 11.3. The number of rotatable bonds is 5. The summed E-state index contributed by atoms with van der Waals surface area (Å²) in [5, 5.41) is 2.87. The van der Waals surface area contributed by atoms with Crippen LogP contribution in [0.1, 0.15) is 29.5 Å². The van der Waals surface area contributed by atoms with Gasteiger partial charge >= 0.3 is 6.18 Å². The first kappa shape index (κ1) is 20.3. The fourth-order valence-electron chi connectivity index (χ4n) is 3.39. The van der Waals surface area contributed by atoms with Gasteiger partial charge in [-0.05, 0) is 55.3 Å². The van der Waals surface area contributed by atoms with Crippen LogP contribution in [-0.2, 0) is 24.1 Å². The second-order valence-electron chi connectivity index (χ2n) is 7.09. The molecule has 0 spiro atoms. The first-order chi connectivity index (χ1) is 13.3. The molecule has 1 saturated heterocycles. The van der Waals surface area contributed by atoms with Gasteiger partial charge in [-0.1, -0.05) is 30.3 Å². The number of hydrogen-bond acceptors (Lipinski definition) is 2. The van der Waals surface area contributed by atoms with Gasteiger partial charge in [-0.2, -0.15) is 13.2 Å². The highest BCUT2D eigenvalue weighted by Crippen LogP contribution is 2.30. The minimum atomic E-state index is -4.34. The molecule has 0 atom stereocenters. The van der Waals surface area contributed by atoms with Gasteiger partial charge in [0.2, 0.25) is 5.91 Å². The molecule has 1 fully saturated rings. The van der Waals surface area contributed by atoms with Crippen LogP contribution in [0.5, 0.6) is 0 Å². The van der Waals surface area contributed by atoms with E-state index < -0.39 is 11.7 Å². The third-order valence-corrected chi connectivity index (χ3v) is 5.00. The van der Waals surface area contributed by atoms with Crippen LogP contribution in [0.3, 0.4) is 0 Å². The Bertz CT molecular complexity index is 797. The Balaban J connectivity index is 1.46. The summed E-state index contributed by atoms with van der Waals surface area (Å²) < 4.78 is 51.4. The summed E-state index contributed by atoms with van der Waals surface area (Å²) in [6.45, 7) is 2.10. The third-order valence-electron chi connectivity index (χ3n) is 5.00. The van der Waals surface area contributed by atoms with Crippen molar-refractivity contribution in [3.63, 3.8) is 0 Å². The summed E-state index contributed by atoms with van der Waals surface area (Å²) in [5.41, 5.74) is 0.811. The quantitative estimate of drug-likeness (QED) is 0.764. The van der Waals surface area contributed by atoms with E-state index in [9.17, 15) is 22.4 Å². The van der Waals surface area contributed by atoms with E-state index in [0.29, 0.717) is 44.6 Å². The number of piperidine rings is 1. The van der Waals surface area contributed by atoms with Crippen LogP contribution in [0.4, 0.5) is 17.6 Å². The van der Waals surface area contributed by atoms with Crippen molar-refractivity contribution in [2.75, 3.05) is 13.1 Å². The predicted molar refractivity (Wildman–Crippen MR) is 97.7 cm³/mol. The van der Waals surface area contributed by atoms with Crippen molar-refractivity contribution in [1.82, 2.24) is 10.2 Å². The number of amides is 1. The van der Waals surface area contributed by atoms with Gasteiger partial charge in [0, 0.05) is 19.0 Å². The highest BCUT2D eigenvalue weighted by molar-refractivity contribution is 5.78. The first-order valence-corrected chi connectivity index (χ1v) is 9.22. The molecule has 1 N–H and O–H groups in total. The normalized spacial score (nSPS) is 16.1. The molecule has 28 heavy (non-hydrogen) atoms. The topological polar surface area (TPSA) is 32.3 Å². The minimum Gasteiger partial charge on any atom is -0.352 e. The predicted octanol–water partition coefficient (Wildman–Crippen LogP) is 4.37. The molecule has 1 heterocycles. The molecule has 0 aromatic heterocycles. The fraction of sp³-hybridized carbons (Fsp3) is 0.381. The molecule has 0 unspecified atom stereocenters. The maximum Gasteiger partial charge on any atom is 0.416 e. The Morgan fingerprint density at radius 2 is 1.71 bits per heavy atom. The smallest absolute Gasteiger partial charge is 0.352 e. The Morgan fingerprint density at radius 1 is 1.04 bits per heavy atom. The van der Waals surface area contributed by atoms with E-state index in [0.717, 1.165) is 11.6 Å². The molecular formula is C21H22F4N2O. The number of alkyl halides is 3. The van der Waals surface area contributed by atoms with E-state index in [1.54, 1.807) is 18.2 Å². The zero-order valence-electron chi connectivity index (χ0n) is 15.3. The summed E-state index contributed by atoms with van der Waals surface area (Å²) >= 11 is 0. The van der Waals surface area contributed by atoms with Crippen molar-refractivity contribution < 1.29 is 22.4 Å². The molecular weight excluding hydrogens is 372 g/mol. The van der Waals surface area contributed by atoms with Crippen LogP contribution in [0, 0.1) is 11.7 Å². The minimum absolute atomic E-state index is 0.0388. The second kappa shape index (κ2) is 8.73. The average Bonchev–Trinajstić information content (AvgIpc) is 2.67. The third kappa shape index (κ3) is 5.55. The van der Waals surface area contributed by atoms with Crippen molar-refractivity contribution in [3.8, 4) is 0 Å². The highest BCUT2D eigenvalue weighted by atomic mass is 19.4.